The summed E-state index contributed by atoms with van der Waals surface area (Å²) in [6.07, 6.45) is 1.39. The van der Waals surface area contributed by atoms with Crippen LogP contribution in [0.5, 0.6) is 0 Å². The van der Waals surface area contributed by atoms with Gasteiger partial charge in [0.15, 0.2) is 0 Å². The maximum absolute atomic E-state index is 10.9. The van der Waals surface area contributed by atoms with Crippen molar-refractivity contribution in [2.45, 2.75) is 13.5 Å². The normalized spacial score (nSPS) is 10.1. The molecule has 2 rings (SSSR count). The number of benzene rings is 1. The standard InChI is InChI=1S/C14H13N3O4/c1-9-10(3-2-4-13(9)17(20)21)8-16-11-5-6-15-12(7-11)14(18)19/h2-7H,8H2,1H3,(H,15,16)(H,18,19). The summed E-state index contributed by atoms with van der Waals surface area (Å²) < 4.78 is 0. The Morgan fingerprint density at radius 2 is 2.19 bits per heavy atom. The van der Waals surface area contributed by atoms with Crippen LogP contribution in [0.3, 0.4) is 0 Å². The Labute approximate surface area is 120 Å². The molecule has 2 N–H and O–H groups in total. The number of aromatic nitrogens is 1. The number of nitrogens with zero attached hydrogens (tertiary/aromatic N) is 2. The van der Waals surface area contributed by atoms with Crippen LogP contribution in [0, 0.1) is 17.0 Å². The number of carbonyl (C=O) groups is 1. The summed E-state index contributed by atoms with van der Waals surface area (Å²) in [6.45, 7) is 2.04. The highest BCUT2D eigenvalue weighted by molar-refractivity contribution is 5.86. The van der Waals surface area contributed by atoms with E-state index in [2.05, 4.69) is 10.3 Å². The highest BCUT2D eigenvalue weighted by Crippen LogP contribution is 2.22. The van der Waals surface area contributed by atoms with E-state index in [9.17, 15) is 14.9 Å². The summed E-state index contributed by atoms with van der Waals surface area (Å²) in [6, 6.07) is 7.91. The zero-order valence-electron chi connectivity index (χ0n) is 11.2. The average molecular weight is 287 g/mol. The lowest BCUT2D eigenvalue weighted by Gasteiger charge is -2.09. The lowest BCUT2D eigenvalue weighted by molar-refractivity contribution is -0.385. The monoisotopic (exact) mass is 287 g/mol. The predicted molar refractivity (Wildman–Crippen MR) is 76.4 cm³/mol. The van der Waals surface area contributed by atoms with Crippen LogP contribution in [-0.4, -0.2) is 21.0 Å². The van der Waals surface area contributed by atoms with Crippen molar-refractivity contribution in [1.82, 2.24) is 4.98 Å². The van der Waals surface area contributed by atoms with Gasteiger partial charge in [0, 0.05) is 30.1 Å². The quantitative estimate of drug-likeness (QED) is 0.646. The van der Waals surface area contributed by atoms with Crippen LogP contribution in [0.1, 0.15) is 21.6 Å². The number of nitro groups is 1. The Balaban J connectivity index is 2.17. The van der Waals surface area contributed by atoms with Crippen molar-refractivity contribution in [2.75, 3.05) is 5.32 Å². The number of pyridine rings is 1. The summed E-state index contributed by atoms with van der Waals surface area (Å²) in [5.41, 5.74) is 1.96. The number of nitrogens with one attached hydrogen (secondary N) is 1. The van der Waals surface area contributed by atoms with Gasteiger partial charge in [0.25, 0.3) is 5.69 Å². The van der Waals surface area contributed by atoms with Gasteiger partial charge in [-0.1, -0.05) is 12.1 Å². The van der Waals surface area contributed by atoms with Crippen molar-refractivity contribution in [3.63, 3.8) is 0 Å². The van der Waals surface area contributed by atoms with Gasteiger partial charge in [0.1, 0.15) is 5.69 Å². The molecule has 0 saturated heterocycles. The number of anilines is 1. The second kappa shape index (κ2) is 6.00. The van der Waals surface area contributed by atoms with Crippen LogP contribution >= 0.6 is 0 Å². The average Bonchev–Trinajstić information content (AvgIpc) is 2.46. The van der Waals surface area contributed by atoms with E-state index in [1.54, 1.807) is 25.1 Å². The molecule has 0 spiro atoms. The molecule has 0 aliphatic rings. The van der Waals surface area contributed by atoms with E-state index < -0.39 is 10.9 Å². The van der Waals surface area contributed by atoms with Crippen molar-refractivity contribution in [2.24, 2.45) is 0 Å². The maximum Gasteiger partial charge on any atom is 0.354 e. The fourth-order valence-corrected chi connectivity index (χ4v) is 1.91. The minimum Gasteiger partial charge on any atom is -0.477 e. The molecule has 1 aromatic heterocycles. The predicted octanol–water partition coefficient (Wildman–Crippen LogP) is 2.61. The lowest BCUT2D eigenvalue weighted by atomic mass is 10.1. The smallest absolute Gasteiger partial charge is 0.354 e. The molecule has 0 amide bonds. The highest BCUT2D eigenvalue weighted by atomic mass is 16.6. The lowest BCUT2D eigenvalue weighted by Crippen LogP contribution is -2.05. The van der Waals surface area contributed by atoms with Crippen molar-refractivity contribution >= 4 is 17.3 Å². The summed E-state index contributed by atoms with van der Waals surface area (Å²) in [7, 11) is 0. The Kier molecular flexibility index (Phi) is 4.13. The van der Waals surface area contributed by atoms with Crippen molar-refractivity contribution in [1.29, 1.82) is 0 Å². The number of carboxylic acids is 1. The molecule has 1 heterocycles. The van der Waals surface area contributed by atoms with Crippen molar-refractivity contribution in [3.8, 4) is 0 Å². The van der Waals surface area contributed by atoms with Crippen LogP contribution in [0.25, 0.3) is 0 Å². The Morgan fingerprint density at radius 1 is 1.43 bits per heavy atom. The van der Waals surface area contributed by atoms with Crippen LogP contribution in [0.15, 0.2) is 36.5 Å². The van der Waals surface area contributed by atoms with Crippen LogP contribution in [0.2, 0.25) is 0 Å². The molecular weight excluding hydrogens is 274 g/mol. The second-order valence-corrected chi connectivity index (χ2v) is 4.41. The first-order chi connectivity index (χ1) is 9.99. The van der Waals surface area contributed by atoms with Gasteiger partial charge in [-0.3, -0.25) is 10.1 Å². The van der Waals surface area contributed by atoms with Gasteiger partial charge in [0.05, 0.1) is 4.92 Å². The zero-order chi connectivity index (χ0) is 15.4. The van der Waals surface area contributed by atoms with E-state index >= 15 is 0 Å². The minimum atomic E-state index is -1.11. The molecule has 0 fully saturated rings. The van der Waals surface area contributed by atoms with Crippen molar-refractivity contribution in [3.05, 3.63) is 63.5 Å². The number of hydrogen-bond donors (Lipinski definition) is 2. The molecule has 0 radical (unpaired) electrons. The fraction of sp³-hybridized carbons (Fsp3) is 0.143. The Morgan fingerprint density at radius 3 is 2.86 bits per heavy atom. The minimum absolute atomic E-state index is 0.0595. The van der Waals surface area contributed by atoms with Crippen LogP contribution < -0.4 is 5.32 Å². The first kappa shape index (κ1) is 14.4. The number of rotatable bonds is 5. The first-order valence-electron chi connectivity index (χ1n) is 6.15. The molecule has 7 heteroatoms. The molecule has 2 aromatic rings. The highest BCUT2D eigenvalue weighted by Gasteiger charge is 2.13. The zero-order valence-corrected chi connectivity index (χ0v) is 11.2. The summed E-state index contributed by atoms with van der Waals surface area (Å²) in [4.78, 5) is 25.0. The molecule has 0 saturated carbocycles. The molecule has 21 heavy (non-hydrogen) atoms. The Bertz CT molecular complexity index is 700. The number of carboxylic acid groups (broad SMARTS) is 1. The van der Waals surface area contributed by atoms with E-state index in [-0.39, 0.29) is 11.4 Å². The number of nitro benzene ring substituents is 1. The topological polar surface area (TPSA) is 105 Å². The molecule has 108 valence electrons. The van der Waals surface area contributed by atoms with Gasteiger partial charge in [-0.25, -0.2) is 9.78 Å². The van der Waals surface area contributed by atoms with Crippen LogP contribution in [0.4, 0.5) is 11.4 Å². The van der Waals surface area contributed by atoms with E-state index in [1.807, 2.05) is 0 Å². The van der Waals surface area contributed by atoms with Gasteiger partial charge in [-0.05, 0) is 24.6 Å². The Hall–Kier alpha value is -2.96. The van der Waals surface area contributed by atoms with Gasteiger partial charge < -0.3 is 10.4 Å². The van der Waals surface area contributed by atoms with E-state index in [0.717, 1.165) is 5.56 Å². The molecule has 0 atom stereocenters. The summed E-state index contributed by atoms with van der Waals surface area (Å²) in [5, 5.41) is 22.8. The second-order valence-electron chi connectivity index (χ2n) is 4.41. The third-order valence-electron chi connectivity index (χ3n) is 3.08. The number of hydrogen-bond acceptors (Lipinski definition) is 5. The largest absolute Gasteiger partial charge is 0.477 e. The van der Waals surface area contributed by atoms with E-state index in [4.69, 9.17) is 5.11 Å². The molecule has 7 nitrogen and oxygen atoms in total. The first-order valence-corrected chi connectivity index (χ1v) is 6.15. The molecule has 0 aliphatic carbocycles. The molecule has 0 aliphatic heterocycles. The van der Waals surface area contributed by atoms with Gasteiger partial charge in [-0.15, -0.1) is 0 Å². The number of aromatic carboxylic acids is 1. The van der Waals surface area contributed by atoms with Gasteiger partial charge >= 0.3 is 5.97 Å². The molecular formula is C14H13N3O4. The third-order valence-corrected chi connectivity index (χ3v) is 3.08. The summed E-state index contributed by atoms with van der Waals surface area (Å²) >= 11 is 0. The SMILES string of the molecule is Cc1c(CNc2ccnc(C(=O)O)c2)cccc1[N+](=O)[O-]. The molecule has 1 aromatic carbocycles. The maximum atomic E-state index is 10.9. The molecule has 0 bridgehead atoms. The van der Waals surface area contributed by atoms with E-state index in [1.165, 1.54) is 18.3 Å². The van der Waals surface area contributed by atoms with Crippen LogP contribution in [-0.2, 0) is 6.54 Å². The van der Waals surface area contributed by atoms with E-state index in [0.29, 0.717) is 17.8 Å². The van der Waals surface area contributed by atoms with Gasteiger partial charge in [-0.2, -0.15) is 0 Å². The van der Waals surface area contributed by atoms with Gasteiger partial charge in [0.2, 0.25) is 0 Å². The fourth-order valence-electron chi connectivity index (χ4n) is 1.91. The van der Waals surface area contributed by atoms with Crippen molar-refractivity contribution < 1.29 is 14.8 Å². The summed E-state index contributed by atoms with van der Waals surface area (Å²) in [5.74, 6) is -1.11. The molecule has 0 unspecified atom stereocenters. The third kappa shape index (κ3) is 3.33.